The Kier molecular flexibility index (Phi) is 3.73. The fourth-order valence-corrected chi connectivity index (χ4v) is 2.94. The maximum absolute atomic E-state index is 6.16. The van der Waals surface area contributed by atoms with Crippen LogP contribution >= 0.6 is 11.6 Å². The average Bonchev–Trinajstić information content (AvgIpc) is 3.14. The van der Waals surface area contributed by atoms with Crippen LogP contribution in [-0.2, 0) is 18.3 Å². The van der Waals surface area contributed by atoms with Crippen LogP contribution in [0.4, 0.5) is 0 Å². The lowest BCUT2D eigenvalue weighted by molar-refractivity contribution is 0.0955. The molecule has 0 amide bonds. The maximum atomic E-state index is 6.16. The molecular formula is C12H17ClN6O. The van der Waals surface area contributed by atoms with Crippen molar-refractivity contribution in [2.45, 2.75) is 18.6 Å². The van der Waals surface area contributed by atoms with Crippen molar-refractivity contribution in [1.82, 2.24) is 30.1 Å². The predicted molar refractivity (Wildman–Crippen MR) is 73.4 cm³/mol. The van der Waals surface area contributed by atoms with Gasteiger partial charge in [0.15, 0.2) is 0 Å². The summed E-state index contributed by atoms with van der Waals surface area (Å²) in [6, 6.07) is 0. The molecule has 0 aliphatic carbocycles. The third-order valence-corrected chi connectivity index (χ3v) is 4.16. The van der Waals surface area contributed by atoms with Crippen LogP contribution in [0.1, 0.15) is 17.3 Å². The summed E-state index contributed by atoms with van der Waals surface area (Å²) in [6.45, 7) is 2.46. The van der Waals surface area contributed by atoms with Crippen molar-refractivity contribution < 1.29 is 4.74 Å². The van der Waals surface area contributed by atoms with E-state index in [1.807, 2.05) is 11.7 Å². The molecule has 108 valence electrons. The number of H-pyrrole nitrogens is 1. The fraction of sp³-hybridized carbons (Fsp3) is 0.583. The van der Waals surface area contributed by atoms with E-state index < -0.39 is 0 Å². The van der Waals surface area contributed by atoms with Crippen molar-refractivity contribution in [3.05, 3.63) is 28.8 Å². The summed E-state index contributed by atoms with van der Waals surface area (Å²) in [6.07, 6.45) is 3.56. The summed E-state index contributed by atoms with van der Waals surface area (Å²) in [5, 5.41) is 15.6. The Morgan fingerprint density at radius 3 is 2.90 bits per heavy atom. The Morgan fingerprint density at radius 2 is 2.30 bits per heavy atom. The number of nitrogens with one attached hydrogen (secondary N) is 1. The summed E-state index contributed by atoms with van der Waals surface area (Å²) in [5.41, 5.74) is 1.96. The van der Waals surface area contributed by atoms with E-state index in [4.69, 9.17) is 16.3 Å². The van der Waals surface area contributed by atoms with Crippen molar-refractivity contribution >= 4 is 11.6 Å². The summed E-state index contributed by atoms with van der Waals surface area (Å²) in [5.74, 6) is 0.228. The lowest BCUT2D eigenvalue weighted by Gasteiger charge is -2.15. The van der Waals surface area contributed by atoms with Crippen LogP contribution in [0.3, 0.4) is 0 Å². The lowest BCUT2D eigenvalue weighted by atomic mass is 10.0. The molecule has 7 nitrogen and oxygen atoms in total. The van der Waals surface area contributed by atoms with Crippen molar-refractivity contribution in [3.8, 4) is 0 Å². The number of aromatic amines is 1. The van der Waals surface area contributed by atoms with E-state index in [-0.39, 0.29) is 12.0 Å². The molecule has 2 aromatic heterocycles. The highest BCUT2D eigenvalue weighted by atomic mass is 35.5. The fourth-order valence-electron chi connectivity index (χ4n) is 2.72. The van der Waals surface area contributed by atoms with Gasteiger partial charge in [-0.05, 0) is 0 Å². The molecule has 1 saturated heterocycles. The number of likely N-dealkylation sites (tertiary alicyclic amines) is 1. The van der Waals surface area contributed by atoms with Gasteiger partial charge in [0.2, 0.25) is 0 Å². The first-order chi connectivity index (χ1) is 9.69. The third-order valence-electron chi connectivity index (χ3n) is 3.84. The first-order valence-corrected chi connectivity index (χ1v) is 6.84. The average molecular weight is 297 g/mol. The molecule has 8 heteroatoms. The highest BCUT2D eigenvalue weighted by Crippen LogP contribution is 2.29. The minimum Gasteiger partial charge on any atom is -0.379 e. The molecule has 1 fully saturated rings. The molecule has 0 saturated carbocycles. The van der Waals surface area contributed by atoms with Crippen molar-refractivity contribution in [1.29, 1.82) is 0 Å². The van der Waals surface area contributed by atoms with Crippen molar-refractivity contribution in [2.75, 3.05) is 20.2 Å². The quantitative estimate of drug-likeness (QED) is 0.904. The number of hydrogen-bond donors (Lipinski definition) is 1. The standard InChI is InChI=1S/C12H17ClN6O/c1-18-11(9(13)3-15-18)6-19-5-8(12(7-19)20-2)10-4-14-17-16-10/h3-4,8,12H,5-7H2,1-2H3,(H,14,16,17)/t8-,12+/m0/s1. The molecule has 1 N–H and O–H groups in total. The molecule has 0 aromatic carbocycles. The number of hydrogen-bond acceptors (Lipinski definition) is 5. The number of aromatic nitrogens is 5. The van der Waals surface area contributed by atoms with Gasteiger partial charge in [0, 0.05) is 39.7 Å². The molecule has 1 aliphatic rings. The topological polar surface area (TPSA) is 71.9 Å². The van der Waals surface area contributed by atoms with E-state index in [0.717, 1.165) is 31.0 Å². The van der Waals surface area contributed by atoms with Crippen LogP contribution in [0.2, 0.25) is 5.02 Å². The number of aryl methyl sites for hydroxylation is 1. The molecule has 3 heterocycles. The number of halogens is 1. The largest absolute Gasteiger partial charge is 0.379 e. The Balaban J connectivity index is 1.74. The van der Waals surface area contributed by atoms with Gasteiger partial charge in [0.05, 0.1) is 34.9 Å². The summed E-state index contributed by atoms with van der Waals surface area (Å²) >= 11 is 6.16. The SMILES string of the molecule is CO[C@@H]1CN(Cc2c(Cl)cnn2C)C[C@H]1c1cn[nH]n1. The minimum atomic E-state index is 0.118. The van der Waals surface area contributed by atoms with Crippen LogP contribution in [0, 0.1) is 0 Å². The van der Waals surface area contributed by atoms with E-state index in [1.165, 1.54) is 0 Å². The monoisotopic (exact) mass is 296 g/mol. The van der Waals surface area contributed by atoms with Gasteiger partial charge in [-0.2, -0.15) is 20.5 Å². The molecule has 3 rings (SSSR count). The number of rotatable bonds is 4. The van der Waals surface area contributed by atoms with Crippen LogP contribution in [0.5, 0.6) is 0 Å². The molecule has 0 bridgehead atoms. The van der Waals surface area contributed by atoms with E-state index in [9.17, 15) is 0 Å². The van der Waals surface area contributed by atoms with Crippen LogP contribution in [0.25, 0.3) is 0 Å². The van der Waals surface area contributed by atoms with Gasteiger partial charge in [0.1, 0.15) is 0 Å². The van der Waals surface area contributed by atoms with Gasteiger partial charge in [-0.25, -0.2) is 0 Å². The van der Waals surface area contributed by atoms with Gasteiger partial charge in [-0.1, -0.05) is 11.6 Å². The zero-order valence-electron chi connectivity index (χ0n) is 11.5. The van der Waals surface area contributed by atoms with Crippen LogP contribution in [-0.4, -0.2) is 56.4 Å². The van der Waals surface area contributed by atoms with Gasteiger partial charge in [0.25, 0.3) is 0 Å². The Bertz CT molecular complexity index is 549. The van der Waals surface area contributed by atoms with E-state index in [0.29, 0.717) is 5.02 Å². The van der Waals surface area contributed by atoms with Crippen LogP contribution in [0.15, 0.2) is 12.4 Å². The molecule has 0 radical (unpaired) electrons. The zero-order chi connectivity index (χ0) is 14.1. The molecule has 0 unspecified atom stereocenters. The van der Waals surface area contributed by atoms with Gasteiger partial charge >= 0.3 is 0 Å². The second kappa shape index (κ2) is 5.51. The molecular weight excluding hydrogens is 280 g/mol. The first kappa shape index (κ1) is 13.5. The molecule has 2 aromatic rings. The molecule has 2 atom stereocenters. The lowest BCUT2D eigenvalue weighted by Crippen LogP contribution is -2.23. The van der Waals surface area contributed by atoms with Gasteiger partial charge in [-0.15, -0.1) is 0 Å². The molecule has 0 spiro atoms. The Morgan fingerprint density at radius 1 is 1.45 bits per heavy atom. The highest BCUT2D eigenvalue weighted by molar-refractivity contribution is 6.31. The maximum Gasteiger partial charge on any atom is 0.0894 e. The summed E-state index contributed by atoms with van der Waals surface area (Å²) in [7, 11) is 3.64. The van der Waals surface area contributed by atoms with E-state index in [2.05, 4.69) is 25.4 Å². The van der Waals surface area contributed by atoms with E-state index in [1.54, 1.807) is 19.5 Å². The first-order valence-electron chi connectivity index (χ1n) is 6.46. The van der Waals surface area contributed by atoms with Gasteiger partial charge < -0.3 is 4.74 Å². The summed E-state index contributed by atoms with van der Waals surface area (Å²) in [4.78, 5) is 2.30. The number of nitrogens with zero attached hydrogens (tertiary/aromatic N) is 5. The third kappa shape index (κ3) is 2.44. The van der Waals surface area contributed by atoms with Crippen molar-refractivity contribution in [3.63, 3.8) is 0 Å². The van der Waals surface area contributed by atoms with E-state index >= 15 is 0 Å². The summed E-state index contributed by atoms with van der Waals surface area (Å²) < 4.78 is 7.39. The highest BCUT2D eigenvalue weighted by Gasteiger charge is 2.35. The zero-order valence-corrected chi connectivity index (χ0v) is 12.2. The second-order valence-corrected chi connectivity index (χ2v) is 5.44. The number of methoxy groups -OCH3 is 1. The minimum absolute atomic E-state index is 0.118. The molecule has 20 heavy (non-hydrogen) atoms. The Labute approximate surface area is 121 Å². The van der Waals surface area contributed by atoms with Crippen molar-refractivity contribution in [2.24, 2.45) is 7.05 Å². The van der Waals surface area contributed by atoms with Crippen LogP contribution < -0.4 is 0 Å². The normalized spacial score (nSPS) is 23.6. The second-order valence-electron chi connectivity index (χ2n) is 5.03. The molecule has 1 aliphatic heterocycles. The Hall–Kier alpha value is -1.44. The number of ether oxygens (including phenoxy) is 1. The van der Waals surface area contributed by atoms with Gasteiger partial charge in [-0.3, -0.25) is 9.58 Å². The smallest absolute Gasteiger partial charge is 0.0894 e. The predicted octanol–water partition coefficient (Wildman–Crippen LogP) is 0.806.